The van der Waals surface area contributed by atoms with Crippen LogP contribution in [0.15, 0.2) is 72.3 Å². The van der Waals surface area contributed by atoms with Gasteiger partial charge in [0.15, 0.2) is 5.69 Å². The molecule has 5 rings (SSSR count). The lowest BCUT2D eigenvalue weighted by Gasteiger charge is -2.11. The van der Waals surface area contributed by atoms with Gasteiger partial charge in [-0.25, -0.2) is 0 Å². The molecule has 0 aliphatic heterocycles. The highest BCUT2D eigenvalue weighted by Crippen LogP contribution is 2.34. The smallest absolute Gasteiger partial charge is 0.220 e. The van der Waals surface area contributed by atoms with E-state index in [2.05, 4.69) is 71.4 Å². The molecule has 3 aromatic heterocycles. The lowest BCUT2D eigenvalue weighted by Crippen LogP contribution is -2.35. The molecule has 0 bridgehead atoms. The Hall–Kier alpha value is -3.04. The van der Waals surface area contributed by atoms with Gasteiger partial charge in [0.1, 0.15) is 7.05 Å². The zero-order valence-electron chi connectivity index (χ0n) is 17.2. The standard InChI is InChI=1S/C25H21N2S/c1-16-11-19-8-10-28-24(19)14-23(16)25-22-7-6-18(20-5-4-9-26-15-20)13-21(22)12-17(2)27(25)3/h4-15H,1-3H3/q+1/i12D. The maximum Gasteiger partial charge on any atom is 0.220 e. The molecule has 0 spiro atoms. The predicted molar refractivity (Wildman–Crippen MR) is 119 cm³/mol. The van der Waals surface area contributed by atoms with E-state index < -0.39 is 0 Å². The van der Waals surface area contributed by atoms with E-state index in [0.29, 0.717) is 6.04 Å². The van der Waals surface area contributed by atoms with Crippen molar-refractivity contribution in [2.24, 2.45) is 7.05 Å². The summed E-state index contributed by atoms with van der Waals surface area (Å²) in [5.41, 5.74) is 6.76. The third-order valence-electron chi connectivity index (χ3n) is 5.48. The minimum Gasteiger partial charge on any atom is -0.264 e. The molecule has 2 aromatic carbocycles. The summed E-state index contributed by atoms with van der Waals surface area (Å²) < 4.78 is 12.2. The molecule has 3 heteroatoms. The van der Waals surface area contributed by atoms with Gasteiger partial charge in [0.2, 0.25) is 5.69 Å². The van der Waals surface area contributed by atoms with Crippen molar-refractivity contribution in [2.45, 2.75) is 13.8 Å². The number of rotatable bonds is 2. The fourth-order valence-electron chi connectivity index (χ4n) is 3.90. The number of aromatic nitrogens is 2. The Morgan fingerprint density at radius 3 is 2.71 bits per heavy atom. The monoisotopic (exact) mass is 382 g/mol. The quantitative estimate of drug-likeness (QED) is 0.331. The van der Waals surface area contributed by atoms with Crippen molar-refractivity contribution in [3.05, 3.63) is 83.6 Å². The zero-order chi connectivity index (χ0) is 20.1. The summed E-state index contributed by atoms with van der Waals surface area (Å²) in [4.78, 5) is 4.25. The second-order valence-electron chi connectivity index (χ2n) is 7.25. The SMILES string of the molecule is [2H]c1c(C)[n+](C)c(-c2cc3sccc3cc2C)c2ccc(-c3cccnc3)cc12. The average Bonchev–Trinajstić information content (AvgIpc) is 3.20. The van der Waals surface area contributed by atoms with Crippen LogP contribution >= 0.6 is 11.3 Å². The van der Waals surface area contributed by atoms with Gasteiger partial charge in [0, 0.05) is 35.6 Å². The van der Waals surface area contributed by atoms with Gasteiger partial charge in [-0.1, -0.05) is 12.1 Å². The highest BCUT2D eigenvalue weighted by Gasteiger charge is 2.20. The fourth-order valence-corrected chi connectivity index (χ4v) is 4.71. The Morgan fingerprint density at radius 1 is 1.00 bits per heavy atom. The fraction of sp³-hybridized carbons (Fsp3) is 0.120. The first kappa shape index (κ1) is 16.0. The Bertz CT molecular complexity index is 1390. The summed E-state index contributed by atoms with van der Waals surface area (Å²) in [5, 5.41) is 5.51. The van der Waals surface area contributed by atoms with Crippen molar-refractivity contribution in [2.75, 3.05) is 0 Å². The van der Waals surface area contributed by atoms with Crippen LogP contribution in [0.3, 0.4) is 0 Å². The predicted octanol–water partition coefficient (Wildman–Crippen LogP) is 6.22. The summed E-state index contributed by atoms with van der Waals surface area (Å²) in [5.74, 6) is 0. The molecule has 0 atom stereocenters. The molecule has 2 nitrogen and oxygen atoms in total. The van der Waals surface area contributed by atoms with E-state index in [1.165, 1.54) is 26.9 Å². The summed E-state index contributed by atoms with van der Waals surface area (Å²) in [6.07, 6.45) is 3.66. The minimum absolute atomic E-state index is 0.576. The van der Waals surface area contributed by atoms with Gasteiger partial charge in [-0.05, 0) is 70.6 Å². The van der Waals surface area contributed by atoms with E-state index in [-0.39, 0.29) is 0 Å². The third kappa shape index (κ3) is 2.71. The molecule has 5 aromatic rings. The molecule has 0 saturated carbocycles. The molecule has 0 unspecified atom stereocenters. The molecule has 0 radical (unpaired) electrons. The van der Waals surface area contributed by atoms with Crippen LogP contribution in [0.5, 0.6) is 0 Å². The number of hydrogen-bond acceptors (Lipinski definition) is 2. The van der Waals surface area contributed by atoms with Crippen LogP contribution in [0, 0.1) is 13.8 Å². The molecule has 3 heterocycles. The van der Waals surface area contributed by atoms with Crippen LogP contribution in [0.1, 0.15) is 12.6 Å². The van der Waals surface area contributed by atoms with Crippen LogP contribution < -0.4 is 4.57 Å². The maximum absolute atomic E-state index is 8.77. The molecule has 0 fully saturated rings. The van der Waals surface area contributed by atoms with E-state index in [1.54, 1.807) is 17.5 Å². The highest BCUT2D eigenvalue weighted by atomic mass is 32.1. The Labute approximate surface area is 170 Å². The van der Waals surface area contributed by atoms with Crippen LogP contribution in [0.25, 0.3) is 43.2 Å². The molecular formula is C25H21N2S+. The van der Waals surface area contributed by atoms with E-state index >= 15 is 0 Å². The van der Waals surface area contributed by atoms with Crippen molar-refractivity contribution < 1.29 is 5.94 Å². The number of benzene rings is 2. The topological polar surface area (TPSA) is 16.8 Å². The summed E-state index contributed by atoms with van der Waals surface area (Å²) in [6, 6.07) is 17.7. The Morgan fingerprint density at radius 2 is 1.89 bits per heavy atom. The van der Waals surface area contributed by atoms with Crippen molar-refractivity contribution in [1.29, 1.82) is 0 Å². The third-order valence-corrected chi connectivity index (χ3v) is 6.36. The van der Waals surface area contributed by atoms with Gasteiger partial charge < -0.3 is 0 Å². The molecule has 0 N–H and O–H groups in total. The number of thiophene rings is 1. The first-order valence-corrected chi connectivity index (χ1v) is 10.2. The zero-order valence-corrected chi connectivity index (χ0v) is 17.0. The van der Waals surface area contributed by atoms with Crippen LogP contribution in [-0.2, 0) is 7.05 Å². The van der Waals surface area contributed by atoms with E-state index in [4.69, 9.17) is 1.37 Å². The normalized spacial score (nSPS) is 11.9. The summed E-state index contributed by atoms with van der Waals surface area (Å²) in [7, 11) is 2.06. The van der Waals surface area contributed by atoms with Gasteiger partial charge in [-0.3, -0.25) is 4.98 Å². The van der Waals surface area contributed by atoms with Gasteiger partial charge in [0.25, 0.3) is 0 Å². The van der Waals surface area contributed by atoms with Crippen molar-refractivity contribution >= 4 is 32.2 Å². The van der Waals surface area contributed by atoms with Gasteiger partial charge in [-0.15, -0.1) is 11.3 Å². The Kier molecular flexibility index (Phi) is 3.73. The van der Waals surface area contributed by atoms with E-state index in [9.17, 15) is 0 Å². The first-order valence-electron chi connectivity index (χ1n) is 9.86. The number of aryl methyl sites for hydroxylation is 1. The number of nitrogens with zero attached hydrogens (tertiary/aromatic N) is 2. The van der Waals surface area contributed by atoms with Crippen molar-refractivity contribution in [1.82, 2.24) is 4.98 Å². The second-order valence-corrected chi connectivity index (χ2v) is 8.19. The van der Waals surface area contributed by atoms with Gasteiger partial charge >= 0.3 is 0 Å². The van der Waals surface area contributed by atoms with E-state index in [1.807, 2.05) is 19.2 Å². The molecule has 0 aliphatic carbocycles. The molecule has 0 saturated heterocycles. The number of fused-ring (bicyclic) bond motifs is 2. The molecule has 136 valence electrons. The molecule has 0 aliphatic rings. The number of pyridine rings is 2. The lowest BCUT2D eigenvalue weighted by atomic mass is 9.96. The van der Waals surface area contributed by atoms with Gasteiger partial charge in [0.05, 0.1) is 12.3 Å². The number of hydrogen-bond donors (Lipinski definition) is 0. The highest BCUT2D eigenvalue weighted by molar-refractivity contribution is 7.17. The molecule has 28 heavy (non-hydrogen) atoms. The summed E-state index contributed by atoms with van der Waals surface area (Å²) in [6.45, 7) is 4.20. The molecular weight excluding hydrogens is 360 g/mol. The molecule has 0 amide bonds. The second kappa shape index (κ2) is 6.54. The van der Waals surface area contributed by atoms with Crippen molar-refractivity contribution in [3.63, 3.8) is 0 Å². The van der Waals surface area contributed by atoms with Crippen LogP contribution in [-0.4, -0.2) is 4.98 Å². The Balaban J connectivity index is 1.84. The minimum atomic E-state index is 0.576. The average molecular weight is 383 g/mol. The van der Waals surface area contributed by atoms with Crippen LogP contribution in [0.4, 0.5) is 0 Å². The van der Waals surface area contributed by atoms with Crippen LogP contribution in [0.2, 0.25) is 0 Å². The van der Waals surface area contributed by atoms with E-state index in [0.717, 1.165) is 27.6 Å². The summed E-state index contributed by atoms with van der Waals surface area (Å²) >= 11 is 1.77. The first-order chi connectivity index (χ1) is 14.0. The lowest BCUT2D eigenvalue weighted by molar-refractivity contribution is -0.665. The van der Waals surface area contributed by atoms with Gasteiger partial charge in [-0.2, -0.15) is 4.57 Å². The largest absolute Gasteiger partial charge is 0.264 e. The maximum atomic E-state index is 8.77. The van der Waals surface area contributed by atoms with Crippen molar-refractivity contribution in [3.8, 4) is 22.4 Å².